The van der Waals surface area contributed by atoms with Gasteiger partial charge >= 0.3 is 0 Å². The molecular formula is C49H38N4. The quantitative estimate of drug-likeness (QED) is 0.181. The number of nitrogens with zero attached hydrogens (tertiary/aromatic N) is 4. The topological polar surface area (TPSA) is 34.0 Å². The van der Waals surface area contributed by atoms with E-state index in [1.54, 1.807) is 0 Å². The summed E-state index contributed by atoms with van der Waals surface area (Å²) in [7, 11) is 0. The number of allylic oxidation sites excluding steroid dienone is 4. The van der Waals surface area contributed by atoms with Crippen LogP contribution >= 0.6 is 0 Å². The van der Waals surface area contributed by atoms with Crippen molar-refractivity contribution in [1.29, 1.82) is 0 Å². The zero-order chi connectivity index (χ0) is 35.5. The molecule has 6 aromatic carbocycles. The molecule has 0 spiro atoms. The zero-order valence-electron chi connectivity index (χ0n) is 29.9. The largest absolute Gasteiger partial charge is 0.313 e. The fraction of sp³-hybridized carbons (Fsp3) is 0.102. The van der Waals surface area contributed by atoms with Crippen LogP contribution in [0.5, 0.6) is 0 Å². The summed E-state index contributed by atoms with van der Waals surface area (Å²) in [5.74, 6) is 0.790. The maximum absolute atomic E-state index is 5.14. The molecule has 254 valence electrons. The van der Waals surface area contributed by atoms with Gasteiger partial charge in [0.15, 0.2) is 5.82 Å². The molecule has 2 aromatic heterocycles. The lowest BCUT2D eigenvalue weighted by atomic mass is 9.73. The molecule has 0 radical (unpaired) electrons. The number of fused-ring (bicyclic) bond motifs is 5. The molecule has 0 bridgehead atoms. The molecule has 0 atom stereocenters. The molecule has 4 nitrogen and oxygen atoms in total. The van der Waals surface area contributed by atoms with E-state index >= 15 is 0 Å². The summed E-state index contributed by atoms with van der Waals surface area (Å²) in [6.45, 7) is 4.74. The molecule has 3 heterocycles. The summed E-state index contributed by atoms with van der Waals surface area (Å²) in [4.78, 5) is 12.7. The molecule has 1 aliphatic carbocycles. The van der Waals surface area contributed by atoms with Gasteiger partial charge in [-0.25, -0.2) is 9.97 Å². The minimum absolute atomic E-state index is 0.196. The monoisotopic (exact) mass is 682 g/mol. The number of aromatic nitrogens is 3. The second kappa shape index (κ2) is 12.3. The van der Waals surface area contributed by atoms with Crippen LogP contribution in [0.3, 0.4) is 0 Å². The summed E-state index contributed by atoms with van der Waals surface area (Å²) in [6, 6.07) is 56.4. The molecule has 0 N–H and O–H groups in total. The van der Waals surface area contributed by atoms with Crippen molar-refractivity contribution < 1.29 is 0 Å². The molecule has 4 heteroatoms. The normalized spacial score (nSPS) is 14.8. The van der Waals surface area contributed by atoms with Gasteiger partial charge in [0, 0.05) is 38.7 Å². The van der Waals surface area contributed by atoms with Gasteiger partial charge in [-0.3, -0.25) is 0 Å². The van der Waals surface area contributed by atoms with E-state index in [-0.39, 0.29) is 5.41 Å². The third-order valence-electron chi connectivity index (χ3n) is 11.1. The first-order valence-electron chi connectivity index (χ1n) is 18.5. The number of hydrogen-bond donors (Lipinski definition) is 0. The molecular weight excluding hydrogens is 645 g/mol. The van der Waals surface area contributed by atoms with E-state index in [9.17, 15) is 0 Å². The van der Waals surface area contributed by atoms with Crippen LogP contribution in [0.25, 0.3) is 55.6 Å². The van der Waals surface area contributed by atoms with Crippen molar-refractivity contribution in [3.63, 3.8) is 0 Å². The van der Waals surface area contributed by atoms with E-state index < -0.39 is 0 Å². The van der Waals surface area contributed by atoms with Gasteiger partial charge in [0.05, 0.1) is 33.8 Å². The van der Waals surface area contributed by atoms with Gasteiger partial charge in [-0.05, 0) is 78.1 Å². The molecule has 0 amide bonds. The summed E-state index contributed by atoms with van der Waals surface area (Å²) >= 11 is 0. The van der Waals surface area contributed by atoms with Crippen LogP contribution in [0.1, 0.15) is 43.6 Å². The molecule has 0 unspecified atom stereocenters. The first-order chi connectivity index (χ1) is 26.0. The van der Waals surface area contributed by atoms with E-state index in [0.717, 1.165) is 46.8 Å². The van der Waals surface area contributed by atoms with Crippen LogP contribution in [-0.2, 0) is 5.41 Å². The van der Waals surface area contributed by atoms with E-state index in [2.05, 4.69) is 181 Å². The highest BCUT2D eigenvalue weighted by Gasteiger charge is 2.37. The highest BCUT2D eigenvalue weighted by Crippen LogP contribution is 2.53. The van der Waals surface area contributed by atoms with Crippen LogP contribution in [0.2, 0.25) is 0 Å². The lowest BCUT2D eigenvalue weighted by molar-refractivity contribution is 0.632. The Hall–Kier alpha value is -6.52. The highest BCUT2D eigenvalue weighted by molar-refractivity contribution is 6.12. The molecule has 0 saturated carbocycles. The Morgan fingerprint density at radius 3 is 1.81 bits per heavy atom. The SMILES string of the molecule is CC1(C)c2ccccc2N(c2ccccc2)c2cc3c4ccccc4n(C4=CC=C(c5nc(-c6ccccc6)cc(-c6ccccc6)n5)CC4)c3cc21. The summed E-state index contributed by atoms with van der Waals surface area (Å²) in [5, 5.41) is 2.52. The molecule has 8 aromatic rings. The van der Waals surface area contributed by atoms with Crippen molar-refractivity contribution >= 4 is 50.1 Å². The number of hydrogen-bond acceptors (Lipinski definition) is 3. The third-order valence-corrected chi connectivity index (χ3v) is 11.1. The van der Waals surface area contributed by atoms with Gasteiger partial charge in [0.2, 0.25) is 0 Å². The fourth-order valence-electron chi connectivity index (χ4n) is 8.43. The van der Waals surface area contributed by atoms with Crippen LogP contribution in [0.15, 0.2) is 170 Å². The first kappa shape index (κ1) is 31.2. The Kier molecular flexibility index (Phi) is 7.26. The number of anilines is 3. The molecule has 10 rings (SSSR count). The Morgan fingerprint density at radius 2 is 1.13 bits per heavy atom. The van der Waals surface area contributed by atoms with Gasteiger partial charge in [-0.15, -0.1) is 0 Å². The molecule has 0 fully saturated rings. The van der Waals surface area contributed by atoms with Gasteiger partial charge in [-0.2, -0.15) is 0 Å². The Labute approximate surface area is 310 Å². The van der Waals surface area contributed by atoms with Crippen LogP contribution in [0.4, 0.5) is 17.1 Å². The average molecular weight is 683 g/mol. The molecule has 53 heavy (non-hydrogen) atoms. The average Bonchev–Trinajstić information content (AvgIpc) is 3.55. The predicted octanol–water partition coefficient (Wildman–Crippen LogP) is 12.7. The molecule has 1 aliphatic heterocycles. The fourth-order valence-corrected chi connectivity index (χ4v) is 8.43. The number of benzene rings is 6. The van der Waals surface area contributed by atoms with E-state index in [4.69, 9.17) is 9.97 Å². The zero-order valence-corrected chi connectivity index (χ0v) is 29.9. The van der Waals surface area contributed by atoms with Crippen molar-refractivity contribution in [1.82, 2.24) is 14.5 Å². The lowest BCUT2D eigenvalue weighted by Gasteiger charge is -2.42. The lowest BCUT2D eigenvalue weighted by Crippen LogP contribution is -2.30. The third kappa shape index (κ3) is 5.13. The standard InChI is InChI=1S/C49H38N4/c1-49(2)40-23-13-15-25-45(40)53(36-20-10-5-11-21-36)47-30-39-38-22-12-14-24-44(38)52(46(39)31-41(47)49)37-28-26-35(27-29-37)48-50-42(33-16-6-3-7-17-33)32-43(51-48)34-18-8-4-9-19-34/h3-26,28,30-32H,27,29H2,1-2H3. The Morgan fingerprint density at radius 1 is 0.509 bits per heavy atom. The van der Waals surface area contributed by atoms with Crippen LogP contribution in [-0.4, -0.2) is 14.5 Å². The van der Waals surface area contributed by atoms with Crippen molar-refractivity contribution in [3.8, 4) is 22.5 Å². The van der Waals surface area contributed by atoms with Crippen molar-refractivity contribution in [3.05, 3.63) is 187 Å². The summed E-state index contributed by atoms with van der Waals surface area (Å²) in [5.41, 5.74) is 15.0. The number of para-hydroxylation sites is 3. The minimum Gasteiger partial charge on any atom is -0.313 e. The highest BCUT2D eigenvalue weighted by atomic mass is 15.2. The second-order valence-corrected chi connectivity index (χ2v) is 14.6. The van der Waals surface area contributed by atoms with Gasteiger partial charge in [0.25, 0.3) is 0 Å². The van der Waals surface area contributed by atoms with Gasteiger partial charge in [-0.1, -0.05) is 135 Å². The van der Waals surface area contributed by atoms with Crippen molar-refractivity contribution in [2.45, 2.75) is 32.1 Å². The predicted molar refractivity (Wildman–Crippen MR) is 221 cm³/mol. The van der Waals surface area contributed by atoms with E-state index in [1.165, 1.54) is 55.7 Å². The van der Waals surface area contributed by atoms with E-state index in [1.807, 2.05) is 12.1 Å². The van der Waals surface area contributed by atoms with Gasteiger partial charge < -0.3 is 9.47 Å². The van der Waals surface area contributed by atoms with Gasteiger partial charge in [0.1, 0.15) is 0 Å². The van der Waals surface area contributed by atoms with Crippen molar-refractivity contribution in [2.24, 2.45) is 0 Å². The minimum atomic E-state index is -0.196. The smallest absolute Gasteiger partial charge is 0.156 e. The summed E-state index contributed by atoms with van der Waals surface area (Å²) < 4.78 is 2.50. The van der Waals surface area contributed by atoms with E-state index in [0.29, 0.717) is 0 Å². The first-order valence-corrected chi connectivity index (χ1v) is 18.5. The van der Waals surface area contributed by atoms with Crippen LogP contribution < -0.4 is 4.90 Å². The Bertz CT molecular complexity index is 2680. The maximum Gasteiger partial charge on any atom is 0.156 e. The Balaban J connectivity index is 1.14. The number of rotatable bonds is 5. The van der Waals surface area contributed by atoms with Crippen molar-refractivity contribution in [2.75, 3.05) is 4.90 Å². The van der Waals surface area contributed by atoms with Crippen LogP contribution in [0, 0.1) is 0 Å². The molecule has 2 aliphatic rings. The molecule has 0 saturated heterocycles. The summed E-state index contributed by atoms with van der Waals surface area (Å²) in [6.07, 6.45) is 6.26. The second-order valence-electron chi connectivity index (χ2n) is 14.6. The maximum atomic E-state index is 5.14.